The van der Waals surface area contributed by atoms with Gasteiger partial charge in [-0.05, 0) is 93.5 Å². The van der Waals surface area contributed by atoms with Crippen LogP contribution in [0.25, 0.3) is 22.4 Å². The Labute approximate surface area is 200 Å². The zero-order valence-electron chi connectivity index (χ0n) is 20.6. The van der Waals surface area contributed by atoms with E-state index < -0.39 is 0 Å². The molecule has 3 aromatic rings. The third-order valence-electron chi connectivity index (χ3n) is 7.80. The van der Waals surface area contributed by atoms with Crippen LogP contribution in [0, 0.1) is 6.92 Å². The summed E-state index contributed by atoms with van der Waals surface area (Å²) in [5, 5.41) is 23.6. The van der Waals surface area contributed by atoms with E-state index in [0.717, 1.165) is 35.3 Å². The minimum atomic E-state index is -0.0872. The van der Waals surface area contributed by atoms with Gasteiger partial charge < -0.3 is 19.9 Å². The molecule has 2 aliphatic heterocycles. The second-order valence-corrected chi connectivity index (χ2v) is 10.7. The molecule has 0 unspecified atom stereocenters. The van der Waals surface area contributed by atoms with E-state index in [9.17, 15) is 9.90 Å². The lowest BCUT2D eigenvalue weighted by Gasteiger charge is -2.45. The third-order valence-corrected chi connectivity index (χ3v) is 7.80. The van der Waals surface area contributed by atoms with Crippen LogP contribution < -0.4 is 15.8 Å². The summed E-state index contributed by atoms with van der Waals surface area (Å²) in [4.78, 5) is 14.3. The van der Waals surface area contributed by atoms with Gasteiger partial charge in [-0.25, -0.2) is 0 Å². The Hall–Kier alpha value is -3.19. The third kappa shape index (κ3) is 3.98. The molecule has 1 aromatic carbocycles. The molecule has 5 rings (SSSR count). The number of hydrogen-bond donors (Lipinski definition) is 2. The lowest BCUT2D eigenvalue weighted by atomic mass is 9.84. The summed E-state index contributed by atoms with van der Waals surface area (Å²) < 4.78 is 1.52. The normalized spacial score (nSPS) is 26.0. The first-order chi connectivity index (χ1) is 16.1. The fraction of sp³-hybridized carbons (Fsp3) is 0.444. The summed E-state index contributed by atoms with van der Waals surface area (Å²) in [5.74, 6) is 0.961. The van der Waals surface area contributed by atoms with Gasteiger partial charge in [0, 0.05) is 49.0 Å². The van der Waals surface area contributed by atoms with E-state index in [1.54, 1.807) is 25.4 Å². The molecule has 34 heavy (non-hydrogen) atoms. The number of aryl methyl sites for hydroxylation is 2. The number of fused-ring (bicyclic) bond motifs is 2. The molecule has 7 heteroatoms. The van der Waals surface area contributed by atoms with E-state index >= 15 is 0 Å². The molecule has 2 aliphatic rings. The van der Waals surface area contributed by atoms with E-state index in [-0.39, 0.29) is 22.4 Å². The molecule has 2 N–H and O–H groups in total. The smallest absolute Gasteiger partial charge is 0.250 e. The van der Waals surface area contributed by atoms with Gasteiger partial charge in [0.05, 0.1) is 5.69 Å². The summed E-state index contributed by atoms with van der Waals surface area (Å²) >= 11 is 0. The molecule has 0 aliphatic carbocycles. The maximum atomic E-state index is 12.0. The molecular formula is C27H33N5O2. The lowest BCUT2D eigenvalue weighted by molar-refractivity contribution is 0.207. The summed E-state index contributed by atoms with van der Waals surface area (Å²) in [6.07, 6.45) is 6.34. The number of benzene rings is 1. The van der Waals surface area contributed by atoms with Gasteiger partial charge in [0.15, 0.2) is 5.82 Å². The predicted octanol–water partition coefficient (Wildman–Crippen LogP) is 4.02. The fourth-order valence-corrected chi connectivity index (χ4v) is 5.87. The number of aromatic hydroxyl groups is 1. The van der Waals surface area contributed by atoms with Crippen LogP contribution in [0.5, 0.6) is 5.75 Å². The minimum Gasteiger partial charge on any atom is -0.507 e. The number of nitrogens with one attached hydrogen (secondary N) is 1. The van der Waals surface area contributed by atoms with Crippen LogP contribution in [0.1, 0.15) is 45.1 Å². The first-order valence-electron chi connectivity index (χ1n) is 11.9. The Morgan fingerprint density at radius 3 is 2.38 bits per heavy atom. The van der Waals surface area contributed by atoms with Crippen molar-refractivity contribution >= 4 is 5.82 Å². The fourth-order valence-electron chi connectivity index (χ4n) is 5.87. The highest BCUT2D eigenvalue weighted by molar-refractivity contribution is 5.77. The van der Waals surface area contributed by atoms with Crippen LogP contribution in [-0.2, 0) is 7.05 Å². The van der Waals surface area contributed by atoms with Crippen LogP contribution in [0.15, 0.2) is 47.4 Å². The van der Waals surface area contributed by atoms with Crippen molar-refractivity contribution in [3.05, 3.63) is 58.5 Å². The first kappa shape index (κ1) is 22.6. The highest BCUT2D eigenvalue weighted by Gasteiger charge is 2.49. The second kappa shape index (κ2) is 7.94. The average molecular weight is 460 g/mol. The SMILES string of the molecule is Cc1cc(-c2ccc(N(C)[C@@H]3C[C@]4(C)CC[C@](C)(C3)N4)nn2)c(O)cc1-c1ccn(C)c(=O)c1. The van der Waals surface area contributed by atoms with Gasteiger partial charge in [-0.2, -0.15) is 0 Å². The Kier molecular flexibility index (Phi) is 5.28. The highest BCUT2D eigenvalue weighted by Crippen LogP contribution is 2.44. The van der Waals surface area contributed by atoms with Crippen LogP contribution in [0.4, 0.5) is 5.82 Å². The number of hydrogen-bond acceptors (Lipinski definition) is 6. The summed E-state index contributed by atoms with van der Waals surface area (Å²) in [5.41, 5.74) is 4.10. The van der Waals surface area contributed by atoms with Crippen LogP contribution in [0.3, 0.4) is 0 Å². The molecule has 0 radical (unpaired) electrons. The van der Waals surface area contributed by atoms with E-state index in [4.69, 9.17) is 0 Å². The van der Waals surface area contributed by atoms with Crippen molar-refractivity contribution in [1.29, 1.82) is 0 Å². The largest absolute Gasteiger partial charge is 0.507 e. The summed E-state index contributed by atoms with van der Waals surface area (Å²) in [6.45, 7) is 6.63. The number of phenols is 1. The number of rotatable bonds is 4. The Balaban J connectivity index is 1.40. The maximum Gasteiger partial charge on any atom is 0.250 e. The second-order valence-electron chi connectivity index (χ2n) is 10.7. The Morgan fingerprint density at radius 2 is 1.76 bits per heavy atom. The molecule has 2 aromatic heterocycles. The van der Waals surface area contributed by atoms with E-state index in [1.807, 2.05) is 31.2 Å². The van der Waals surface area contributed by atoms with Gasteiger partial charge in [-0.3, -0.25) is 4.79 Å². The van der Waals surface area contributed by atoms with Gasteiger partial charge >= 0.3 is 0 Å². The van der Waals surface area contributed by atoms with Crippen molar-refractivity contribution in [2.24, 2.45) is 7.05 Å². The van der Waals surface area contributed by atoms with E-state index in [1.165, 1.54) is 17.4 Å². The Morgan fingerprint density at radius 1 is 1.06 bits per heavy atom. The number of piperidine rings is 1. The monoisotopic (exact) mass is 459 g/mol. The van der Waals surface area contributed by atoms with Crippen LogP contribution >= 0.6 is 0 Å². The molecule has 2 saturated heterocycles. The number of nitrogens with zero attached hydrogens (tertiary/aromatic N) is 4. The molecule has 0 spiro atoms. The molecule has 7 nitrogen and oxygen atoms in total. The van der Waals surface area contributed by atoms with Gasteiger partial charge in [-0.1, -0.05) is 0 Å². The van der Waals surface area contributed by atoms with Crippen LogP contribution in [0.2, 0.25) is 0 Å². The number of aromatic nitrogens is 3. The maximum absolute atomic E-state index is 12.0. The molecular weight excluding hydrogens is 426 g/mol. The van der Waals surface area contributed by atoms with Crippen molar-refractivity contribution in [2.75, 3.05) is 11.9 Å². The van der Waals surface area contributed by atoms with E-state index in [2.05, 4.69) is 41.3 Å². The molecule has 2 fully saturated rings. The van der Waals surface area contributed by atoms with Crippen molar-refractivity contribution in [1.82, 2.24) is 20.1 Å². The van der Waals surface area contributed by atoms with Gasteiger partial charge in [-0.15, -0.1) is 10.2 Å². The number of pyridine rings is 1. The Bertz CT molecular complexity index is 1280. The molecule has 0 saturated carbocycles. The number of phenolic OH excluding ortho intramolecular Hbond substituents is 1. The summed E-state index contributed by atoms with van der Waals surface area (Å²) in [6, 6.07) is 11.4. The zero-order valence-corrected chi connectivity index (χ0v) is 20.6. The molecule has 178 valence electrons. The number of anilines is 1. The highest BCUT2D eigenvalue weighted by atomic mass is 16.3. The van der Waals surface area contributed by atoms with Gasteiger partial charge in [0.1, 0.15) is 5.75 Å². The quantitative estimate of drug-likeness (QED) is 0.613. The zero-order chi connectivity index (χ0) is 24.3. The van der Waals surface area contributed by atoms with Crippen molar-refractivity contribution in [2.45, 2.75) is 63.6 Å². The van der Waals surface area contributed by atoms with Crippen molar-refractivity contribution < 1.29 is 5.11 Å². The summed E-state index contributed by atoms with van der Waals surface area (Å²) in [7, 11) is 3.82. The molecule has 3 atom stereocenters. The molecule has 4 heterocycles. The van der Waals surface area contributed by atoms with Gasteiger partial charge in [0.25, 0.3) is 5.56 Å². The topological polar surface area (TPSA) is 83.3 Å². The van der Waals surface area contributed by atoms with Crippen LogP contribution in [-0.4, -0.2) is 44.0 Å². The standard InChI is InChI=1S/C27H33N5O2/c1-17-12-21(23(33)14-20(17)18-8-11-31(4)25(34)13-18)22-6-7-24(29-28-22)32(5)19-15-26(2)9-10-27(3,16-19)30-26/h6-8,11-14,19,30,33H,9-10,15-16H2,1-5H3/t19-,26+,27-. The molecule has 2 bridgehead atoms. The first-order valence-corrected chi connectivity index (χ1v) is 11.9. The van der Waals surface area contributed by atoms with Crippen molar-refractivity contribution in [3.8, 4) is 28.1 Å². The lowest BCUT2D eigenvalue weighted by Crippen LogP contribution is -2.58. The molecule has 0 amide bonds. The van der Waals surface area contributed by atoms with E-state index in [0.29, 0.717) is 17.3 Å². The van der Waals surface area contributed by atoms with Gasteiger partial charge in [0.2, 0.25) is 0 Å². The average Bonchev–Trinajstić information content (AvgIpc) is 3.03. The predicted molar refractivity (Wildman–Crippen MR) is 135 cm³/mol. The van der Waals surface area contributed by atoms with Crippen molar-refractivity contribution in [3.63, 3.8) is 0 Å². The minimum absolute atomic E-state index is 0.0872.